The summed E-state index contributed by atoms with van der Waals surface area (Å²) >= 11 is 0. The molecule has 0 amide bonds. The molecule has 1 fully saturated rings. The second kappa shape index (κ2) is 7.88. The zero-order valence-corrected chi connectivity index (χ0v) is 16.9. The summed E-state index contributed by atoms with van der Waals surface area (Å²) in [6.07, 6.45) is 9.36. The van der Waals surface area contributed by atoms with Crippen LogP contribution in [0.3, 0.4) is 0 Å². The molecule has 3 aliphatic rings. The van der Waals surface area contributed by atoms with Gasteiger partial charge in [0.1, 0.15) is 11.4 Å². The minimum absolute atomic E-state index is 0.0196. The van der Waals surface area contributed by atoms with Gasteiger partial charge in [0.05, 0.1) is 0 Å². The third-order valence-corrected chi connectivity index (χ3v) is 6.04. The molecule has 150 valence electrons. The van der Waals surface area contributed by atoms with Gasteiger partial charge in [0.25, 0.3) is 0 Å². The third kappa shape index (κ3) is 3.66. The van der Waals surface area contributed by atoms with Crippen molar-refractivity contribution >= 4 is 17.2 Å². The molecule has 0 radical (unpaired) electrons. The highest BCUT2D eigenvalue weighted by molar-refractivity contribution is 6.09. The van der Waals surface area contributed by atoms with Gasteiger partial charge >= 0.3 is 0 Å². The molecule has 1 aliphatic carbocycles. The van der Waals surface area contributed by atoms with E-state index in [-0.39, 0.29) is 5.78 Å². The molecule has 4 nitrogen and oxygen atoms in total. The van der Waals surface area contributed by atoms with Gasteiger partial charge in [-0.05, 0) is 47.1 Å². The lowest BCUT2D eigenvalue weighted by Crippen LogP contribution is -2.47. The second-order valence-corrected chi connectivity index (χ2v) is 8.04. The van der Waals surface area contributed by atoms with Crippen molar-refractivity contribution in [2.45, 2.75) is 12.1 Å². The average molecular weight is 396 g/mol. The number of allylic oxidation sites excluding steroid dienone is 2. The maximum Gasteiger partial charge on any atom is 0.178 e. The van der Waals surface area contributed by atoms with Gasteiger partial charge in [0, 0.05) is 32.7 Å². The molecule has 0 atom stereocenters. The normalized spacial score (nSPS) is 20.5. The molecule has 2 aromatic carbocycles. The molecular formula is C26H25N3O. The quantitative estimate of drug-likeness (QED) is 0.794. The molecule has 2 aromatic rings. The third-order valence-electron chi connectivity index (χ3n) is 6.04. The highest BCUT2D eigenvalue weighted by Gasteiger charge is 2.37. The number of hydrogen-bond acceptors (Lipinski definition) is 4. The number of rotatable bonds is 3. The number of carbonyl (C=O) groups excluding carboxylic acids is 1. The minimum atomic E-state index is -0.578. The number of carbonyl (C=O) groups is 1. The van der Waals surface area contributed by atoms with Gasteiger partial charge in [-0.1, -0.05) is 60.7 Å². The van der Waals surface area contributed by atoms with Crippen molar-refractivity contribution in [3.05, 3.63) is 102 Å². The van der Waals surface area contributed by atoms with Gasteiger partial charge in [-0.3, -0.25) is 9.69 Å². The molecule has 1 saturated heterocycles. The summed E-state index contributed by atoms with van der Waals surface area (Å²) in [5.41, 5.74) is 3.05. The molecule has 4 heteroatoms. The molecular weight excluding hydrogens is 370 g/mol. The number of nitrogens with zero attached hydrogens (tertiary/aromatic N) is 3. The Hall–Kier alpha value is -3.24. The molecule has 5 rings (SSSR count). The lowest BCUT2D eigenvalue weighted by molar-refractivity contribution is -0.110. The summed E-state index contributed by atoms with van der Waals surface area (Å²) in [6.45, 7) is 4.92. The van der Waals surface area contributed by atoms with Gasteiger partial charge in [-0.2, -0.15) is 0 Å². The van der Waals surface area contributed by atoms with E-state index in [9.17, 15) is 4.79 Å². The number of benzene rings is 2. The zero-order valence-electron chi connectivity index (χ0n) is 16.9. The fourth-order valence-corrected chi connectivity index (χ4v) is 4.38. The van der Waals surface area contributed by atoms with E-state index in [0.717, 1.165) is 49.7 Å². The van der Waals surface area contributed by atoms with Gasteiger partial charge < -0.3 is 4.90 Å². The van der Waals surface area contributed by atoms with E-state index in [1.165, 1.54) is 5.56 Å². The first-order valence-corrected chi connectivity index (χ1v) is 10.5. The SMILES string of the molecule is O=C1C=CC2(C=C1)N=C(N1CCN(Cc3ccccc3)CC1)C=C2c1ccccc1. The summed E-state index contributed by atoms with van der Waals surface area (Å²) in [4.78, 5) is 21.7. The van der Waals surface area contributed by atoms with Crippen molar-refractivity contribution < 1.29 is 4.79 Å². The van der Waals surface area contributed by atoms with Gasteiger partial charge in [-0.25, -0.2) is 4.99 Å². The summed E-state index contributed by atoms with van der Waals surface area (Å²) < 4.78 is 0. The van der Waals surface area contributed by atoms with Crippen LogP contribution in [0, 0.1) is 0 Å². The van der Waals surface area contributed by atoms with Crippen LogP contribution < -0.4 is 0 Å². The number of ketones is 1. The van der Waals surface area contributed by atoms with Crippen LogP contribution in [0.4, 0.5) is 0 Å². The first-order chi connectivity index (χ1) is 14.7. The molecule has 0 bridgehead atoms. The Labute approximate surface area is 177 Å². The minimum Gasteiger partial charge on any atom is -0.354 e. The van der Waals surface area contributed by atoms with Crippen LogP contribution in [-0.4, -0.2) is 53.1 Å². The fourth-order valence-electron chi connectivity index (χ4n) is 4.38. The fraction of sp³-hybridized carbons (Fsp3) is 0.231. The Bertz CT molecular complexity index is 1030. The van der Waals surface area contributed by atoms with E-state index in [0.29, 0.717) is 0 Å². The van der Waals surface area contributed by atoms with Crippen molar-refractivity contribution in [3.63, 3.8) is 0 Å². The number of aliphatic imine (C=N–C) groups is 1. The Morgan fingerprint density at radius 2 is 1.47 bits per heavy atom. The second-order valence-electron chi connectivity index (χ2n) is 8.04. The number of amidine groups is 1. The maximum absolute atomic E-state index is 11.8. The van der Waals surface area contributed by atoms with Crippen molar-refractivity contribution in [3.8, 4) is 0 Å². The molecule has 2 heterocycles. The molecule has 1 spiro atoms. The van der Waals surface area contributed by atoms with Crippen LogP contribution in [0.25, 0.3) is 5.57 Å². The van der Waals surface area contributed by atoms with E-state index in [1.54, 1.807) is 12.2 Å². The molecule has 30 heavy (non-hydrogen) atoms. The standard InChI is InChI=1S/C26H25N3O/c30-23-11-13-26(14-12-23)24(22-9-5-2-6-10-22)19-25(27-26)29-17-15-28(16-18-29)20-21-7-3-1-4-8-21/h1-14,19H,15-18,20H2. The Morgan fingerprint density at radius 3 is 2.13 bits per heavy atom. The Kier molecular flexibility index (Phi) is 4.93. The van der Waals surface area contributed by atoms with Gasteiger partial charge in [0.15, 0.2) is 5.78 Å². The first kappa shape index (κ1) is 18.8. The van der Waals surface area contributed by atoms with Crippen LogP contribution in [0.1, 0.15) is 11.1 Å². The molecule has 0 N–H and O–H groups in total. The van der Waals surface area contributed by atoms with E-state index in [1.807, 2.05) is 30.4 Å². The highest BCUT2D eigenvalue weighted by atomic mass is 16.1. The highest BCUT2D eigenvalue weighted by Crippen LogP contribution is 2.39. The van der Waals surface area contributed by atoms with Crippen molar-refractivity contribution in [2.75, 3.05) is 26.2 Å². The van der Waals surface area contributed by atoms with E-state index < -0.39 is 5.54 Å². The van der Waals surface area contributed by atoms with Crippen LogP contribution in [0.2, 0.25) is 0 Å². The lowest BCUT2D eigenvalue weighted by atomic mass is 9.83. The summed E-state index contributed by atoms with van der Waals surface area (Å²) in [6, 6.07) is 21.0. The molecule has 0 unspecified atom stereocenters. The predicted molar refractivity (Wildman–Crippen MR) is 121 cm³/mol. The maximum atomic E-state index is 11.8. The monoisotopic (exact) mass is 395 g/mol. The lowest BCUT2D eigenvalue weighted by Gasteiger charge is -2.35. The van der Waals surface area contributed by atoms with Crippen molar-refractivity contribution in [1.82, 2.24) is 9.80 Å². The number of hydrogen-bond donors (Lipinski definition) is 0. The molecule has 2 aliphatic heterocycles. The number of piperazine rings is 1. The summed E-state index contributed by atoms with van der Waals surface area (Å²) in [5, 5.41) is 0. The van der Waals surface area contributed by atoms with Gasteiger partial charge in [-0.15, -0.1) is 0 Å². The van der Waals surface area contributed by atoms with E-state index in [2.05, 4.69) is 58.3 Å². The molecule has 0 aromatic heterocycles. The zero-order chi connectivity index (χ0) is 20.4. The Balaban J connectivity index is 1.36. The summed E-state index contributed by atoms with van der Waals surface area (Å²) in [7, 11) is 0. The largest absolute Gasteiger partial charge is 0.354 e. The van der Waals surface area contributed by atoms with Gasteiger partial charge in [0.2, 0.25) is 0 Å². The average Bonchev–Trinajstić information content (AvgIpc) is 3.17. The molecule has 0 saturated carbocycles. The Morgan fingerprint density at radius 1 is 0.833 bits per heavy atom. The van der Waals surface area contributed by atoms with E-state index >= 15 is 0 Å². The predicted octanol–water partition coefficient (Wildman–Crippen LogP) is 3.73. The van der Waals surface area contributed by atoms with Crippen LogP contribution in [0.15, 0.2) is 96.0 Å². The smallest absolute Gasteiger partial charge is 0.178 e. The van der Waals surface area contributed by atoms with Crippen molar-refractivity contribution in [2.24, 2.45) is 4.99 Å². The van der Waals surface area contributed by atoms with E-state index in [4.69, 9.17) is 4.99 Å². The van der Waals surface area contributed by atoms with Crippen LogP contribution in [0.5, 0.6) is 0 Å². The van der Waals surface area contributed by atoms with Crippen LogP contribution in [-0.2, 0) is 11.3 Å². The topological polar surface area (TPSA) is 35.9 Å². The first-order valence-electron chi connectivity index (χ1n) is 10.5. The van der Waals surface area contributed by atoms with Crippen LogP contribution >= 0.6 is 0 Å². The van der Waals surface area contributed by atoms with Crippen molar-refractivity contribution in [1.29, 1.82) is 0 Å². The summed E-state index contributed by atoms with van der Waals surface area (Å²) in [5.74, 6) is 1.03.